The van der Waals surface area contributed by atoms with Gasteiger partial charge in [0.1, 0.15) is 5.75 Å². The molecule has 1 aliphatic carbocycles. The summed E-state index contributed by atoms with van der Waals surface area (Å²) >= 11 is 1.81. The van der Waals surface area contributed by atoms with E-state index < -0.39 is 0 Å². The van der Waals surface area contributed by atoms with E-state index in [1.807, 2.05) is 30.0 Å². The molecule has 1 spiro atoms. The van der Waals surface area contributed by atoms with Crippen LogP contribution >= 0.6 is 11.8 Å². The fourth-order valence-electron chi connectivity index (χ4n) is 2.74. The number of aromatic hydroxyl groups is 1. The maximum Gasteiger partial charge on any atom is 0.129 e. The van der Waals surface area contributed by atoms with Gasteiger partial charge in [0.2, 0.25) is 0 Å². The molecule has 2 aliphatic rings. The lowest BCUT2D eigenvalue weighted by Crippen LogP contribution is -2.46. The van der Waals surface area contributed by atoms with Crippen LogP contribution < -0.4 is 0 Å². The van der Waals surface area contributed by atoms with Crippen molar-refractivity contribution in [3.05, 3.63) is 24.3 Å². The lowest BCUT2D eigenvalue weighted by molar-refractivity contribution is -0.125. The summed E-state index contributed by atoms with van der Waals surface area (Å²) in [6.45, 7) is 0.880. The van der Waals surface area contributed by atoms with Crippen molar-refractivity contribution in [2.75, 3.05) is 6.61 Å². The third kappa shape index (κ3) is 2.31. The van der Waals surface area contributed by atoms with E-state index in [0.29, 0.717) is 11.0 Å². The molecule has 92 valence electrons. The normalized spacial score (nSPS) is 26.7. The van der Waals surface area contributed by atoms with Crippen molar-refractivity contribution in [3.63, 3.8) is 0 Å². The molecule has 1 saturated heterocycles. The Morgan fingerprint density at radius 3 is 2.82 bits per heavy atom. The zero-order chi connectivity index (χ0) is 11.7. The van der Waals surface area contributed by atoms with Crippen molar-refractivity contribution >= 4 is 11.8 Å². The Morgan fingerprint density at radius 1 is 1.29 bits per heavy atom. The molecule has 3 rings (SSSR count). The third-order valence-corrected chi connectivity index (χ3v) is 5.21. The van der Waals surface area contributed by atoms with Gasteiger partial charge < -0.3 is 9.84 Å². The topological polar surface area (TPSA) is 29.5 Å². The smallest absolute Gasteiger partial charge is 0.129 e. The van der Waals surface area contributed by atoms with Gasteiger partial charge in [-0.25, -0.2) is 0 Å². The van der Waals surface area contributed by atoms with Gasteiger partial charge in [-0.3, -0.25) is 0 Å². The molecule has 1 unspecified atom stereocenters. The first-order chi connectivity index (χ1) is 8.27. The van der Waals surface area contributed by atoms with Crippen LogP contribution in [0.3, 0.4) is 0 Å². The first kappa shape index (κ1) is 11.4. The minimum Gasteiger partial charge on any atom is -0.507 e. The standard InChI is InChI=1S/C14H18O2S/c15-12-4-1-2-5-13(12)17-11-6-9-16-14(10-11)7-3-8-14/h1-2,4-5,11,15H,3,6-10H2. The van der Waals surface area contributed by atoms with Crippen LogP contribution in [0.25, 0.3) is 0 Å². The summed E-state index contributed by atoms with van der Waals surface area (Å²) in [5.74, 6) is 0.409. The first-order valence-electron chi connectivity index (χ1n) is 6.36. The summed E-state index contributed by atoms with van der Waals surface area (Å²) < 4.78 is 5.92. The molecule has 0 bridgehead atoms. The number of phenolic OH excluding ortho intramolecular Hbond substituents is 1. The number of phenols is 1. The predicted octanol–water partition coefficient (Wildman–Crippen LogP) is 3.59. The van der Waals surface area contributed by atoms with Gasteiger partial charge >= 0.3 is 0 Å². The summed E-state index contributed by atoms with van der Waals surface area (Å²) in [6, 6.07) is 7.63. The molecule has 1 aromatic carbocycles. The van der Waals surface area contributed by atoms with Crippen molar-refractivity contribution < 1.29 is 9.84 Å². The molecule has 1 aliphatic heterocycles. The third-order valence-electron chi connectivity index (χ3n) is 3.87. The molecule has 1 atom stereocenters. The van der Waals surface area contributed by atoms with Crippen LogP contribution in [0.15, 0.2) is 29.2 Å². The highest BCUT2D eigenvalue weighted by molar-refractivity contribution is 8.00. The van der Waals surface area contributed by atoms with E-state index >= 15 is 0 Å². The maximum atomic E-state index is 9.79. The summed E-state index contributed by atoms with van der Waals surface area (Å²) in [4.78, 5) is 1.01. The lowest BCUT2D eigenvalue weighted by atomic mass is 9.75. The fourth-order valence-corrected chi connectivity index (χ4v) is 4.05. The summed E-state index contributed by atoms with van der Waals surface area (Å²) in [6.07, 6.45) is 6.01. The molecule has 17 heavy (non-hydrogen) atoms. The Bertz CT molecular complexity index is 401. The second kappa shape index (κ2) is 4.54. The van der Waals surface area contributed by atoms with Gasteiger partial charge in [0, 0.05) is 16.8 Å². The van der Waals surface area contributed by atoms with Gasteiger partial charge in [-0.15, -0.1) is 11.8 Å². The van der Waals surface area contributed by atoms with E-state index in [9.17, 15) is 5.11 Å². The highest BCUT2D eigenvalue weighted by Crippen LogP contribution is 2.47. The minimum absolute atomic E-state index is 0.195. The number of ether oxygens (including phenoxy) is 1. The van der Waals surface area contributed by atoms with Gasteiger partial charge in [-0.05, 0) is 44.2 Å². The molecular formula is C14H18O2S. The summed E-state index contributed by atoms with van der Waals surface area (Å²) in [7, 11) is 0. The van der Waals surface area contributed by atoms with Crippen LogP contribution in [0.2, 0.25) is 0 Å². The SMILES string of the molecule is Oc1ccccc1SC1CCOC2(CCC2)C1. The Balaban J connectivity index is 1.67. The Labute approximate surface area is 106 Å². The monoisotopic (exact) mass is 250 g/mol. The number of hydrogen-bond donors (Lipinski definition) is 1. The Morgan fingerprint density at radius 2 is 2.12 bits per heavy atom. The Hall–Kier alpha value is -0.670. The Kier molecular flexibility index (Phi) is 3.05. The second-order valence-electron chi connectivity index (χ2n) is 5.09. The van der Waals surface area contributed by atoms with Gasteiger partial charge in [0.15, 0.2) is 0 Å². The van der Waals surface area contributed by atoms with Crippen LogP contribution in [-0.2, 0) is 4.74 Å². The van der Waals surface area contributed by atoms with Crippen LogP contribution in [-0.4, -0.2) is 22.6 Å². The molecule has 2 nitrogen and oxygen atoms in total. The van der Waals surface area contributed by atoms with Crippen LogP contribution in [0, 0.1) is 0 Å². The van der Waals surface area contributed by atoms with Crippen molar-refractivity contribution in [1.82, 2.24) is 0 Å². The zero-order valence-electron chi connectivity index (χ0n) is 9.89. The number of para-hydroxylation sites is 1. The minimum atomic E-state index is 0.195. The quantitative estimate of drug-likeness (QED) is 0.870. The van der Waals surface area contributed by atoms with E-state index in [1.165, 1.54) is 19.3 Å². The average Bonchev–Trinajstić information content (AvgIpc) is 2.31. The molecule has 3 heteroatoms. The van der Waals surface area contributed by atoms with Gasteiger partial charge in [-0.2, -0.15) is 0 Å². The second-order valence-corrected chi connectivity index (χ2v) is 6.43. The van der Waals surface area contributed by atoms with Crippen LogP contribution in [0.5, 0.6) is 5.75 Å². The van der Waals surface area contributed by atoms with Crippen molar-refractivity contribution in [1.29, 1.82) is 0 Å². The van der Waals surface area contributed by atoms with Crippen LogP contribution in [0.1, 0.15) is 32.1 Å². The average molecular weight is 250 g/mol. The number of hydrogen-bond acceptors (Lipinski definition) is 3. The van der Waals surface area contributed by atoms with Crippen molar-refractivity contribution in [2.45, 2.75) is 47.9 Å². The highest BCUT2D eigenvalue weighted by atomic mass is 32.2. The lowest BCUT2D eigenvalue weighted by Gasteiger charge is -2.47. The summed E-state index contributed by atoms with van der Waals surface area (Å²) in [5, 5.41) is 10.4. The van der Waals surface area contributed by atoms with Crippen LogP contribution in [0.4, 0.5) is 0 Å². The van der Waals surface area contributed by atoms with E-state index in [-0.39, 0.29) is 5.60 Å². The highest BCUT2D eigenvalue weighted by Gasteiger charge is 2.42. The molecule has 1 saturated carbocycles. The van der Waals surface area contributed by atoms with E-state index in [2.05, 4.69) is 0 Å². The molecule has 1 heterocycles. The van der Waals surface area contributed by atoms with Crippen molar-refractivity contribution in [2.24, 2.45) is 0 Å². The number of thioether (sulfide) groups is 1. The van der Waals surface area contributed by atoms with Crippen molar-refractivity contribution in [3.8, 4) is 5.75 Å². The fraction of sp³-hybridized carbons (Fsp3) is 0.571. The van der Waals surface area contributed by atoms with E-state index in [0.717, 1.165) is 24.3 Å². The summed E-state index contributed by atoms with van der Waals surface area (Å²) in [5.41, 5.74) is 0.195. The van der Waals surface area contributed by atoms with E-state index in [4.69, 9.17) is 4.74 Å². The van der Waals surface area contributed by atoms with Gasteiger partial charge in [-0.1, -0.05) is 12.1 Å². The molecule has 0 amide bonds. The largest absolute Gasteiger partial charge is 0.507 e. The molecular weight excluding hydrogens is 232 g/mol. The number of rotatable bonds is 2. The maximum absolute atomic E-state index is 9.79. The molecule has 1 N–H and O–H groups in total. The van der Waals surface area contributed by atoms with E-state index in [1.54, 1.807) is 6.07 Å². The molecule has 1 aromatic rings. The molecule has 0 aromatic heterocycles. The van der Waals surface area contributed by atoms with Gasteiger partial charge in [0.25, 0.3) is 0 Å². The first-order valence-corrected chi connectivity index (χ1v) is 7.24. The predicted molar refractivity (Wildman–Crippen MR) is 69.5 cm³/mol. The van der Waals surface area contributed by atoms with Gasteiger partial charge in [0.05, 0.1) is 5.60 Å². The molecule has 0 radical (unpaired) electrons. The molecule has 2 fully saturated rings. The number of benzene rings is 1. The zero-order valence-corrected chi connectivity index (χ0v) is 10.7.